The average molecular weight is 282 g/mol. The summed E-state index contributed by atoms with van der Waals surface area (Å²) in [5.74, 6) is 0.802. The largest absolute Gasteiger partial charge is 0.389 e. The van der Waals surface area contributed by atoms with E-state index in [-0.39, 0.29) is 17.5 Å². The fourth-order valence-electron chi connectivity index (χ4n) is 2.56. The molecule has 5 atom stereocenters. The van der Waals surface area contributed by atoms with Crippen molar-refractivity contribution in [3.63, 3.8) is 0 Å². The van der Waals surface area contributed by atoms with E-state index in [0.717, 1.165) is 11.3 Å². The van der Waals surface area contributed by atoms with Crippen LogP contribution < -0.4 is 0 Å². The average Bonchev–Trinajstić information content (AvgIpc) is 2.71. The minimum Gasteiger partial charge on any atom is -0.389 e. The zero-order chi connectivity index (χ0) is 13.2. The maximum atomic E-state index is 10.1. The molecule has 2 heterocycles. The Bertz CT molecular complexity index is 413. The lowest BCUT2D eigenvalue weighted by molar-refractivity contribution is -0.255. The molecule has 1 aromatic carbocycles. The van der Waals surface area contributed by atoms with Crippen LogP contribution in [0.5, 0.6) is 0 Å². The Balaban J connectivity index is 1.67. The van der Waals surface area contributed by atoms with Gasteiger partial charge in [0.1, 0.15) is 6.10 Å². The van der Waals surface area contributed by atoms with Crippen molar-refractivity contribution < 1.29 is 19.3 Å². The maximum Gasteiger partial charge on any atom is 0.185 e. The number of fused-ring (bicyclic) bond motifs is 2. The molecule has 2 saturated heterocycles. The summed E-state index contributed by atoms with van der Waals surface area (Å²) >= 11 is 1.70. The van der Waals surface area contributed by atoms with Crippen LogP contribution in [0.4, 0.5) is 0 Å². The van der Waals surface area contributed by atoms with E-state index in [4.69, 9.17) is 14.2 Å². The molecule has 104 valence electrons. The van der Waals surface area contributed by atoms with Crippen LogP contribution in [0.3, 0.4) is 0 Å². The molecule has 5 heteroatoms. The standard InChI is InChI=1S/C14H18O4S/c1-16-14-12(13-11(15)10(18-14)8-19-13)17-7-9-5-3-2-4-6-9/h2-6,10-15H,7-8H2,1H3/t10-,11-,12+,13+,14+/m1/s1. The first-order valence-corrected chi connectivity index (χ1v) is 7.48. The summed E-state index contributed by atoms with van der Waals surface area (Å²) in [6.07, 6.45) is -1.21. The predicted molar refractivity (Wildman–Crippen MR) is 72.9 cm³/mol. The van der Waals surface area contributed by atoms with Crippen LogP contribution in [0.15, 0.2) is 30.3 Å². The Hall–Kier alpha value is -0.590. The monoisotopic (exact) mass is 282 g/mol. The summed E-state index contributed by atoms with van der Waals surface area (Å²) < 4.78 is 17.0. The molecule has 1 aromatic rings. The van der Waals surface area contributed by atoms with Crippen molar-refractivity contribution in [2.24, 2.45) is 0 Å². The van der Waals surface area contributed by atoms with Gasteiger partial charge in [0.2, 0.25) is 0 Å². The highest BCUT2D eigenvalue weighted by Crippen LogP contribution is 2.40. The lowest BCUT2D eigenvalue weighted by atomic mass is 10.0. The van der Waals surface area contributed by atoms with Crippen LogP contribution in [0.25, 0.3) is 0 Å². The first-order chi connectivity index (χ1) is 9.29. The predicted octanol–water partition coefficient (Wildman–Crippen LogP) is 1.42. The van der Waals surface area contributed by atoms with E-state index in [1.54, 1.807) is 18.9 Å². The van der Waals surface area contributed by atoms with E-state index < -0.39 is 12.4 Å². The third kappa shape index (κ3) is 2.66. The van der Waals surface area contributed by atoms with Crippen molar-refractivity contribution in [1.29, 1.82) is 0 Å². The van der Waals surface area contributed by atoms with E-state index in [1.165, 1.54) is 0 Å². The summed E-state index contributed by atoms with van der Waals surface area (Å²) in [7, 11) is 1.62. The SMILES string of the molecule is CO[C@H]1O[C@@H]2CS[C@@H]([C@@H]2O)[C@@H]1OCc1ccccc1. The minimum absolute atomic E-state index is 0.0346. The number of benzene rings is 1. The van der Waals surface area contributed by atoms with Crippen molar-refractivity contribution in [3.8, 4) is 0 Å². The van der Waals surface area contributed by atoms with Gasteiger partial charge in [0.05, 0.1) is 24.1 Å². The highest BCUT2D eigenvalue weighted by molar-refractivity contribution is 8.00. The molecule has 2 fully saturated rings. The molecule has 1 N–H and O–H groups in total. The molecule has 2 aliphatic rings. The lowest BCUT2D eigenvalue weighted by Crippen LogP contribution is -2.53. The molecule has 4 nitrogen and oxygen atoms in total. The second-order valence-electron chi connectivity index (χ2n) is 4.83. The van der Waals surface area contributed by atoms with E-state index in [9.17, 15) is 5.11 Å². The number of thioether (sulfide) groups is 1. The second kappa shape index (κ2) is 5.81. The smallest absolute Gasteiger partial charge is 0.185 e. The Morgan fingerprint density at radius 1 is 1.37 bits per heavy atom. The van der Waals surface area contributed by atoms with Gasteiger partial charge >= 0.3 is 0 Å². The first kappa shape index (κ1) is 13.4. The van der Waals surface area contributed by atoms with E-state index in [2.05, 4.69) is 0 Å². The molecular formula is C14H18O4S. The van der Waals surface area contributed by atoms with Crippen LogP contribution in [-0.4, -0.2) is 47.8 Å². The molecular weight excluding hydrogens is 264 g/mol. The van der Waals surface area contributed by atoms with E-state index in [0.29, 0.717) is 6.61 Å². The van der Waals surface area contributed by atoms with Gasteiger partial charge in [-0.1, -0.05) is 30.3 Å². The Morgan fingerprint density at radius 3 is 2.89 bits per heavy atom. The number of aliphatic hydroxyl groups is 1. The van der Waals surface area contributed by atoms with Gasteiger partial charge in [-0.25, -0.2) is 0 Å². The number of hydrogen-bond donors (Lipinski definition) is 1. The third-order valence-corrected chi connectivity index (χ3v) is 5.04. The molecule has 19 heavy (non-hydrogen) atoms. The fourth-order valence-corrected chi connectivity index (χ4v) is 4.01. The minimum atomic E-state index is -0.461. The highest BCUT2D eigenvalue weighted by atomic mass is 32.2. The summed E-state index contributed by atoms with van der Waals surface area (Å²) in [6, 6.07) is 9.99. The summed E-state index contributed by atoms with van der Waals surface area (Å²) in [4.78, 5) is 0. The second-order valence-corrected chi connectivity index (χ2v) is 6.04. The molecule has 0 amide bonds. The van der Waals surface area contributed by atoms with Crippen LogP contribution in [0.1, 0.15) is 5.56 Å². The summed E-state index contributed by atoms with van der Waals surface area (Å²) in [6.45, 7) is 0.503. The summed E-state index contributed by atoms with van der Waals surface area (Å²) in [5, 5.41) is 10.1. The number of rotatable bonds is 4. The van der Waals surface area contributed by atoms with Crippen LogP contribution in [0, 0.1) is 0 Å². The van der Waals surface area contributed by atoms with Crippen LogP contribution in [-0.2, 0) is 20.8 Å². The molecule has 2 bridgehead atoms. The van der Waals surface area contributed by atoms with Gasteiger partial charge < -0.3 is 19.3 Å². The Kier molecular flexibility index (Phi) is 4.10. The van der Waals surface area contributed by atoms with Crippen LogP contribution in [0.2, 0.25) is 0 Å². The number of aliphatic hydroxyl groups excluding tert-OH is 1. The molecule has 0 aliphatic carbocycles. The van der Waals surface area contributed by atoms with Crippen LogP contribution >= 0.6 is 11.8 Å². The highest BCUT2D eigenvalue weighted by Gasteiger charge is 2.51. The lowest BCUT2D eigenvalue weighted by Gasteiger charge is -2.37. The topological polar surface area (TPSA) is 47.9 Å². The molecule has 3 rings (SSSR count). The van der Waals surface area contributed by atoms with Gasteiger partial charge in [-0.15, -0.1) is 0 Å². The van der Waals surface area contributed by atoms with Crippen molar-refractivity contribution in [2.45, 2.75) is 36.5 Å². The molecule has 2 aliphatic heterocycles. The first-order valence-electron chi connectivity index (χ1n) is 6.43. The third-order valence-electron chi connectivity index (χ3n) is 3.59. The number of ether oxygens (including phenoxy) is 3. The fraction of sp³-hybridized carbons (Fsp3) is 0.571. The number of hydrogen-bond acceptors (Lipinski definition) is 5. The quantitative estimate of drug-likeness (QED) is 0.905. The Morgan fingerprint density at radius 2 is 2.16 bits per heavy atom. The molecule has 0 aromatic heterocycles. The van der Waals surface area contributed by atoms with E-state index >= 15 is 0 Å². The summed E-state index contributed by atoms with van der Waals surface area (Å²) in [5.41, 5.74) is 1.11. The van der Waals surface area contributed by atoms with E-state index in [1.807, 2.05) is 30.3 Å². The molecule has 0 saturated carbocycles. The van der Waals surface area contributed by atoms with Gasteiger partial charge in [0.15, 0.2) is 6.29 Å². The van der Waals surface area contributed by atoms with Crippen molar-refractivity contribution in [2.75, 3.05) is 12.9 Å². The Labute approximate surface area is 117 Å². The molecule has 0 spiro atoms. The normalized spacial score (nSPS) is 37.5. The van der Waals surface area contributed by atoms with Gasteiger partial charge in [-0.2, -0.15) is 11.8 Å². The van der Waals surface area contributed by atoms with Crippen molar-refractivity contribution >= 4 is 11.8 Å². The molecule has 0 radical (unpaired) electrons. The zero-order valence-corrected chi connectivity index (χ0v) is 11.6. The van der Waals surface area contributed by atoms with Gasteiger partial charge in [0, 0.05) is 12.9 Å². The van der Waals surface area contributed by atoms with Gasteiger partial charge in [-0.3, -0.25) is 0 Å². The van der Waals surface area contributed by atoms with Gasteiger partial charge in [0.25, 0.3) is 0 Å². The zero-order valence-electron chi connectivity index (χ0n) is 10.8. The molecule has 0 unspecified atom stereocenters. The van der Waals surface area contributed by atoms with Crippen molar-refractivity contribution in [3.05, 3.63) is 35.9 Å². The maximum absolute atomic E-state index is 10.1. The number of methoxy groups -OCH3 is 1. The van der Waals surface area contributed by atoms with Gasteiger partial charge in [-0.05, 0) is 5.56 Å². The van der Waals surface area contributed by atoms with Crippen molar-refractivity contribution in [1.82, 2.24) is 0 Å².